The van der Waals surface area contributed by atoms with Crippen LogP contribution in [-0.4, -0.2) is 16.8 Å². The van der Waals surface area contributed by atoms with E-state index in [-0.39, 0.29) is 11.7 Å². The van der Waals surface area contributed by atoms with Crippen LogP contribution >= 0.6 is 11.8 Å². The Morgan fingerprint density at radius 3 is 2.73 bits per heavy atom. The first kappa shape index (κ1) is 20.2. The summed E-state index contributed by atoms with van der Waals surface area (Å²) in [5.41, 5.74) is 7.34. The SMILES string of the molecule is Cc1oc(-c2ccccc2)cc1C(=O)Nc1ccc(F)c(C2(C)CCSC(N)=N2)c1. The summed E-state index contributed by atoms with van der Waals surface area (Å²) in [5.74, 6) is 1.21. The first-order chi connectivity index (χ1) is 14.4. The van der Waals surface area contributed by atoms with Crippen LogP contribution in [0.15, 0.2) is 64.0 Å². The summed E-state index contributed by atoms with van der Waals surface area (Å²) in [7, 11) is 0. The summed E-state index contributed by atoms with van der Waals surface area (Å²) in [5, 5.41) is 3.29. The molecule has 0 bridgehead atoms. The number of halogens is 1. The number of aryl methyl sites for hydroxylation is 1. The molecule has 1 aromatic heterocycles. The number of aliphatic imine (C=N–C) groups is 1. The number of hydrogen-bond donors (Lipinski definition) is 2. The number of amides is 1. The number of nitrogens with two attached hydrogens (primary N) is 1. The van der Waals surface area contributed by atoms with E-state index < -0.39 is 5.54 Å². The van der Waals surface area contributed by atoms with Gasteiger partial charge >= 0.3 is 0 Å². The summed E-state index contributed by atoms with van der Waals surface area (Å²) >= 11 is 1.46. The second-order valence-electron chi connectivity index (χ2n) is 7.42. The van der Waals surface area contributed by atoms with Crippen LogP contribution < -0.4 is 11.1 Å². The molecule has 1 amide bonds. The average Bonchev–Trinajstić information content (AvgIpc) is 3.12. The van der Waals surface area contributed by atoms with Crippen molar-refractivity contribution in [3.05, 3.63) is 77.3 Å². The third kappa shape index (κ3) is 3.98. The van der Waals surface area contributed by atoms with E-state index in [2.05, 4.69) is 10.3 Å². The van der Waals surface area contributed by atoms with Gasteiger partial charge in [-0.3, -0.25) is 9.79 Å². The number of nitrogens with one attached hydrogen (secondary N) is 1. The van der Waals surface area contributed by atoms with E-state index in [9.17, 15) is 9.18 Å². The van der Waals surface area contributed by atoms with Gasteiger partial charge in [0.05, 0.1) is 11.1 Å². The zero-order valence-electron chi connectivity index (χ0n) is 16.7. The Bertz CT molecular complexity index is 1130. The standard InChI is InChI=1S/C23H22FN3O2S/c1-14-17(13-20(29-14)15-6-4-3-5-7-15)21(28)26-16-8-9-19(24)18(12-16)23(2)10-11-30-22(25)27-23/h3-9,12-13H,10-11H2,1-2H3,(H2,25,27)(H,26,28). The molecule has 0 radical (unpaired) electrons. The van der Waals surface area contributed by atoms with Crippen LogP contribution in [0.1, 0.15) is 35.0 Å². The highest BCUT2D eigenvalue weighted by Crippen LogP contribution is 2.37. The average molecular weight is 424 g/mol. The highest BCUT2D eigenvalue weighted by Gasteiger charge is 2.32. The van der Waals surface area contributed by atoms with E-state index in [0.717, 1.165) is 11.3 Å². The van der Waals surface area contributed by atoms with Crippen molar-refractivity contribution in [3.8, 4) is 11.3 Å². The molecule has 0 aliphatic carbocycles. The lowest BCUT2D eigenvalue weighted by Gasteiger charge is -2.30. The third-order valence-electron chi connectivity index (χ3n) is 5.22. The molecular formula is C23H22FN3O2S. The van der Waals surface area contributed by atoms with Gasteiger partial charge in [0.25, 0.3) is 5.91 Å². The largest absolute Gasteiger partial charge is 0.461 e. The van der Waals surface area contributed by atoms with Crippen molar-refractivity contribution in [3.63, 3.8) is 0 Å². The van der Waals surface area contributed by atoms with Crippen LogP contribution in [0, 0.1) is 12.7 Å². The first-order valence-corrected chi connectivity index (χ1v) is 10.6. The van der Waals surface area contributed by atoms with Gasteiger partial charge in [0, 0.05) is 22.6 Å². The number of amidine groups is 1. The number of benzene rings is 2. The van der Waals surface area contributed by atoms with Gasteiger partial charge in [0.1, 0.15) is 17.3 Å². The Morgan fingerprint density at radius 1 is 1.23 bits per heavy atom. The molecule has 3 aromatic rings. The van der Waals surface area contributed by atoms with Crippen molar-refractivity contribution in [2.75, 3.05) is 11.1 Å². The maximum atomic E-state index is 14.6. The number of thioether (sulfide) groups is 1. The van der Waals surface area contributed by atoms with E-state index in [0.29, 0.717) is 39.9 Å². The number of carbonyl (C=O) groups is 1. The summed E-state index contributed by atoms with van der Waals surface area (Å²) < 4.78 is 20.4. The van der Waals surface area contributed by atoms with Crippen LogP contribution in [0.3, 0.4) is 0 Å². The van der Waals surface area contributed by atoms with Crippen molar-refractivity contribution in [1.82, 2.24) is 0 Å². The maximum absolute atomic E-state index is 14.6. The molecule has 2 heterocycles. The summed E-state index contributed by atoms with van der Waals surface area (Å²) in [6, 6.07) is 15.8. The molecule has 30 heavy (non-hydrogen) atoms. The van der Waals surface area contributed by atoms with Crippen molar-refractivity contribution in [2.45, 2.75) is 25.8 Å². The highest BCUT2D eigenvalue weighted by atomic mass is 32.2. The van der Waals surface area contributed by atoms with E-state index in [1.807, 2.05) is 37.3 Å². The van der Waals surface area contributed by atoms with E-state index in [1.165, 1.54) is 23.9 Å². The highest BCUT2D eigenvalue weighted by molar-refractivity contribution is 8.13. The summed E-state index contributed by atoms with van der Waals surface area (Å²) in [6.45, 7) is 3.60. The summed E-state index contributed by atoms with van der Waals surface area (Å²) in [4.78, 5) is 17.3. The van der Waals surface area contributed by atoms with Gasteiger partial charge in [0.15, 0.2) is 5.17 Å². The smallest absolute Gasteiger partial charge is 0.259 e. The molecule has 0 saturated carbocycles. The van der Waals surface area contributed by atoms with Gasteiger partial charge in [-0.25, -0.2) is 4.39 Å². The van der Waals surface area contributed by atoms with Crippen LogP contribution in [-0.2, 0) is 5.54 Å². The molecule has 5 nitrogen and oxygen atoms in total. The summed E-state index contributed by atoms with van der Waals surface area (Å²) in [6.07, 6.45) is 0.661. The van der Waals surface area contributed by atoms with E-state index in [4.69, 9.17) is 10.2 Å². The van der Waals surface area contributed by atoms with Crippen molar-refractivity contribution in [1.29, 1.82) is 0 Å². The molecule has 1 unspecified atom stereocenters. The minimum Gasteiger partial charge on any atom is -0.461 e. The van der Waals surface area contributed by atoms with Crippen molar-refractivity contribution >= 4 is 28.5 Å². The monoisotopic (exact) mass is 423 g/mol. The number of furan rings is 1. The molecular weight excluding hydrogens is 401 g/mol. The van der Waals surface area contributed by atoms with Crippen LogP contribution in [0.5, 0.6) is 0 Å². The lowest BCUT2D eigenvalue weighted by Crippen LogP contribution is -2.29. The fraction of sp³-hybridized carbons (Fsp3) is 0.217. The quantitative estimate of drug-likeness (QED) is 0.596. The molecule has 0 saturated heterocycles. The van der Waals surface area contributed by atoms with Crippen molar-refractivity contribution in [2.24, 2.45) is 10.7 Å². The minimum atomic E-state index is -0.758. The van der Waals surface area contributed by atoms with Crippen LogP contribution in [0.25, 0.3) is 11.3 Å². The molecule has 4 rings (SSSR count). The molecule has 2 aromatic carbocycles. The molecule has 1 aliphatic rings. The van der Waals surface area contributed by atoms with E-state index in [1.54, 1.807) is 19.1 Å². The topological polar surface area (TPSA) is 80.6 Å². The van der Waals surface area contributed by atoms with Gasteiger partial charge in [-0.15, -0.1) is 0 Å². The lowest BCUT2D eigenvalue weighted by molar-refractivity contribution is 0.102. The predicted octanol–water partition coefficient (Wildman–Crippen LogP) is 5.31. The Labute approximate surface area is 178 Å². The van der Waals surface area contributed by atoms with Gasteiger partial charge in [0.2, 0.25) is 0 Å². The Kier molecular flexibility index (Phi) is 5.39. The van der Waals surface area contributed by atoms with Crippen molar-refractivity contribution < 1.29 is 13.6 Å². The first-order valence-electron chi connectivity index (χ1n) is 9.61. The second-order valence-corrected chi connectivity index (χ2v) is 8.53. The molecule has 1 aliphatic heterocycles. The number of carbonyl (C=O) groups excluding carboxylic acids is 1. The Balaban J connectivity index is 1.60. The van der Waals surface area contributed by atoms with E-state index >= 15 is 0 Å². The van der Waals surface area contributed by atoms with Crippen LogP contribution in [0.4, 0.5) is 10.1 Å². The second kappa shape index (κ2) is 7.99. The van der Waals surface area contributed by atoms with Gasteiger partial charge in [-0.05, 0) is 44.5 Å². The molecule has 0 spiro atoms. The predicted molar refractivity (Wildman–Crippen MR) is 119 cm³/mol. The molecule has 1 atom stereocenters. The molecule has 0 fully saturated rings. The maximum Gasteiger partial charge on any atom is 0.259 e. The third-order valence-corrected chi connectivity index (χ3v) is 6.02. The minimum absolute atomic E-state index is 0.316. The van der Waals surface area contributed by atoms with Gasteiger partial charge in [-0.1, -0.05) is 42.1 Å². The van der Waals surface area contributed by atoms with Gasteiger partial charge in [-0.2, -0.15) is 0 Å². The lowest BCUT2D eigenvalue weighted by atomic mass is 9.89. The van der Waals surface area contributed by atoms with Crippen LogP contribution in [0.2, 0.25) is 0 Å². The fourth-order valence-electron chi connectivity index (χ4n) is 3.55. The normalized spacial score (nSPS) is 18.7. The zero-order chi connectivity index (χ0) is 21.3. The number of hydrogen-bond acceptors (Lipinski definition) is 5. The zero-order valence-corrected chi connectivity index (χ0v) is 17.6. The number of anilines is 1. The Morgan fingerprint density at radius 2 is 2.00 bits per heavy atom. The fourth-order valence-corrected chi connectivity index (χ4v) is 4.52. The molecule has 154 valence electrons. The van der Waals surface area contributed by atoms with Gasteiger partial charge < -0.3 is 15.5 Å². The number of nitrogens with zero attached hydrogens (tertiary/aromatic N) is 1. The number of rotatable bonds is 4. The Hall–Kier alpha value is -3.06. The molecule has 7 heteroatoms. The molecule has 3 N–H and O–H groups in total.